The third-order valence-corrected chi connectivity index (χ3v) is 4.24. The maximum atomic E-state index is 5.91. The molecule has 0 radical (unpaired) electrons. The van der Waals surface area contributed by atoms with Crippen LogP contribution in [0.25, 0.3) is 0 Å². The van der Waals surface area contributed by atoms with Crippen LogP contribution >= 0.6 is 24.0 Å². The minimum absolute atomic E-state index is 0. The van der Waals surface area contributed by atoms with Crippen molar-refractivity contribution < 1.29 is 9.47 Å². The molecule has 1 atom stereocenters. The van der Waals surface area contributed by atoms with Crippen molar-refractivity contribution in [2.24, 2.45) is 12.0 Å². The molecule has 8 nitrogen and oxygen atoms in total. The molecular weight excluding hydrogens is 459 g/mol. The van der Waals surface area contributed by atoms with Crippen LogP contribution in [0.3, 0.4) is 0 Å². The third-order valence-electron chi connectivity index (χ3n) is 4.24. The Labute approximate surface area is 177 Å². The predicted molar refractivity (Wildman–Crippen MR) is 114 cm³/mol. The Bertz CT molecular complexity index is 751. The van der Waals surface area contributed by atoms with Crippen molar-refractivity contribution in [2.45, 2.75) is 19.6 Å². The van der Waals surface area contributed by atoms with Crippen molar-refractivity contribution in [3.05, 3.63) is 41.9 Å². The second-order valence-electron chi connectivity index (χ2n) is 6.05. The summed E-state index contributed by atoms with van der Waals surface area (Å²) in [6.45, 7) is 5.33. The van der Waals surface area contributed by atoms with E-state index in [1.165, 1.54) is 0 Å². The quantitative estimate of drug-likeness (QED) is 0.396. The average Bonchev–Trinajstić information content (AvgIpc) is 3.10. The van der Waals surface area contributed by atoms with Gasteiger partial charge in [0.1, 0.15) is 6.10 Å². The van der Waals surface area contributed by atoms with E-state index in [1.54, 1.807) is 17.9 Å². The second-order valence-corrected chi connectivity index (χ2v) is 6.05. The Morgan fingerprint density at radius 3 is 3.04 bits per heavy atom. The zero-order valence-electron chi connectivity index (χ0n) is 16.0. The maximum Gasteiger partial charge on any atom is 0.218 e. The largest absolute Gasteiger partial charge is 0.478 e. The molecule has 148 valence electrons. The summed E-state index contributed by atoms with van der Waals surface area (Å²) < 4.78 is 13.3. The number of nitrogens with one attached hydrogen (secondary N) is 1. The summed E-state index contributed by atoms with van der Waals surface area (Å²) in [4.78, 5) is 10.9. The van der Waals surface area contributed by atoms with Crippen LogP contribution < -0.4 is 10.1 Å². The number of guanidine groups is 1. The Hall–Kier alpha value is -1.88. The molecule has 1 saturated heterocycles. The molecule has 2 aromatic heterocycles. The lowest BCUT2D eigenvalue weighted by atomic mass is 10.1. The first kappa shape index (κ1) is 21.4. The first-order valence-electron chi connectivity index (χ1n) is 8.83. The fraction of sp³-hybridized carbons (Fsp3) is 0.500. The van der Waals surface area contributed by atoms with Gasteiger partial charge in [0.15, 0.2) is 5.96 Å². The van der Waals surface area contributed by atoms with Crippen LogP contribution in [0.1, 0.15) is 24.2 Å². The molecule has 1 aliphatic heterocycles. The second kappa shape index (κ2) is 10.5. The molecule has 0 amide bonds. The van der Waals surface area contributed by atoms with E-state index in [1.807, 2.05) is 38.5 Å². The van der Waals surface area contributed by atoms with Gasteiger partial charge < -0.3 is 19.7 Å². The summed E-state index contributed by atoms with van der Waals surface area (Å²) in [6, 6.07) is 3.92. The molecule has 1 aliphatic rings. The highest BCUT2D eigenvalue weighted by molar-refractivity contribution is 14.0. The van der Waals surface area contributed by atoms with Gasteiger partial charge in [0.05, 0.1) is 26.0 Å². The molecule has 27 heavy (non-hydrogen) atoms. The van der Waals surface area contributed by atoms with E-state index in [2.05, 4.69) is 25.3 Å². The monoisotopic (exact) mass is 486 g/mol. The van der Waals surface area contributed by atoms with Gasteiger partial charge in [-0.1, -0.05) is 6.07 Å². The molecule has 9 heteroatoms. The van der Waals surface area contributed by atoms with Gasteiger partial charge in [-0.25, -0.2) is 4.98 Å². The van der Waals surface area contributed by atoms with Gasteiger partial charge in [0, 0.05) is 50.7 Å². The lowest BCUT2D eigenvalue weighted by Gasteiger charge is -2.34. The normalized spacial score (nSPS) is 17.4. The Kier molecular flexibility index (Phi) is 8.29. The Morgan fingerprint density at radius 2 is 2.33 bits per heavy atom. The lowest BCUT2D eigenvalue weighted by molar-refractivity contribution is -0.00805. The average molecular weight is 486 g/mol. The van der Waals surface area contributed by atoms with E-state index >= 15 is 0 Å². The molecule has 1 N–H and O–H groups in total. The van der Waals surface area contributed by atoms with Crippen LogP contribution in [-0.4, -0.2) is 59.0 Å². The van der Waals surface area contributed by atoms with Crippen LogP contribution in [0.4, 0.5) is 0 Å². The number of nitrogens with zero attached hydrogens (tertiary/aromatic N) is 5. The van der Waals surface area contributed by atoms with E-state index in [9.17, 15) is 0 Å². The number of halogens is 1. The van der Waals surface area contributed by atoms with Gasteiger partial charge in [-0.2, -0.15) is 5.10 Å². The molecule has 1 unspecified atom stereocenters. The van der Waals surface area contributed by atoms with E-state index in [0.29, 0.717) is 25.6 Å². The summed E-state index contributed by atoms with van der Waals surface area (Å²) in [6.07, 6.45) is 5.58. The number of rotatable bonds is 5. The first-order valence-corrected chi connectivity index (χ1v) is 8.83. The molecule has 0 saturated carbocycles. The third kappa shape index (κ3) is 5.55. The van der Waals surface area contributed by atoms with E-state index in [4.69, 9.17) is 9.47 Å². The van der Waals surface area contributed by atoms with E-state index < -0.39 is 0 Å². The molecule has 3 rings (SSSR count). The van der Waals surface area contributed by atoms with Crippen molar-refractivity contribution in [2.75, 3.05) is 33.4 Å². The summed E-state index contributed by atoms with van der Waals surface area (Å²) in [7, 11) is 3.71. The highest BCUT2D eigenvalue weighted by Crippen LogP contribution is 2.22. The van der Waals surface area contributed by atoms with Gasteiger partial charge >= 0.3 is 0 Å². The molecule has 0 aromatic carbocycles. The number of pyridine rings is 1. The number of aromatic nitrogens is 3. The highest BCUT2D eigenvalue weighted by atomic mass is 127. The number of aryl methyl sites for hydroxylation is 1. The first-order chi connectivity index (χ1) is 12.7. The summed E-state index contributed by atoms with van der Waals surface area (Å²) >= 11 is 0. The SMILES string of the molecule is CCOc1ncccc1CNC(=NC)N1CCOC(c2cnn(C)c2)C1.I. The zero-order chi connectivity index (χ0) is 18.4. The fourth-order valence-corrected chi connectivity index (χ4v) is 2.98. The van der Waals surface area contributed by atoms with Crippen molar-refractivity contribution in [3.63, 3.8) is 0 Å². The predicted octanol–water partition coefficient (Wildman–Crippen LogP) is 1.98. The molecule has 3 heterocycles. The summed E-state index contributed by atoms with van der Waals surface area (Å²) in [5.74, 6) is 1.50. The van der Waals surface area contributed by atoms with Crippen molar-refractivity contribution in [1.29, 1.82) is 0 Å². The van der Waals surface area contributed by atoms with Gasteiger partial charge in [0.25, 0.3) is 0 Å². The number of morpholine rings is 1. The zero-order valence-corrected chi connectivity index (χ0v) is 18.3. The number of hydrogen-bond donors (Lipinski definition) is 1. The smallest absolute Gasteiger partial charge is 0.218 e. The molecule has 0 spiro atoms. The number of ether oxygens (including phenoxy) is 2. The van der Waals surface area contributed by atoms with Crippen LogP contribution in [0, 0.1) is 0 Å². The molecule has 0 aliphatic carbocycles. The molecule has 2 aromatic rings. The van der Waals surface area contributed by atoms with Gasteiger partial charge in [-0.05, 0) is 13.0 Å². The Balaban J connectivity index is 0.00000261. The summed E-state index contributed by atoms with van der Waals surface area (Å²) in [5.41, 5.74) is 2.09. The minimum Gasteiger partial charge on any atom is -0.478 e. The van der Waals surface area contributed by atoms with Gasteiger partial charge in [-0.3, -0.25) is 9.67 Å². The van der Waals surface area contributed by atoms with Gasteiger partial charge in [0.2, 0.25) is 5.88 Å². The van der Waals surface area contributed by atoms with Gasteiger partial charge in [-0.15, -0.1) is 24.0 Å². The van der Waals surface area contributed by atoms with Crippen molar-refractivity contribution in [1.82, 2.24) is 25.0 Å². The van der Waals surface area contributed by atoms with Crippen molar-refractivity contribution in [3.8, 4) is 5.88 Å². The molecule has 1 fully saturated rings. The number of aliphatic imine (C=N–C) groups is 1. The van der Waals surface area contributed by atoms with Crippen LogP contribution in [0.5, 0.6) is 5.88 Å². The van der Waals surface area contributed by atoms with E-state index in [-0.39, 0.29) is 30.1 Å². The van der Waals surface area contributed by atoms with Crippen LogP contribution in [0.2, 0.25) is 0 Å². The van der Waals surface area contributed by atoms with Crippen LogP contribution in [0.15, 0.2) is 35.7 Å². The topological polar surface area (TPSA) is 76.8 Å². The minimum atomic E-state index is -0.00613. The van der Waals surface area contributed by atoms with Crippen molar-refractivity contribution >= 4 is 29.9 Å². The standard InChI is InChI=1S/C18H26N6O2.HI/c1-4-25-17-14(6-5-7-20-17)10-21-18(19-2)24-8-9-26-16(13-24)15-11-22-23(3)12-15;/h5-7,11-12,16H,4,8-10,13H2,1-3H3,(H,19,21);1H. The Morgan fingerprint density at radius 1 is 1.48 bits per heavy atom. The number of hydrogen-bond acceptors (Lipinski definition) is 5. The maximum absolute atomic E-state index is 5.91. The fourth-order valence-electron chi connectivity index (χ4n) is 2.98. The van der Waals surface area contributed by atoms with E-state index in [0.717, 1.165) is 30.2 Å². The molecule has 0 bridgehead atoms. The summed E-state index contributed by atoms with van der Waals surface area (Å²) in [5, 5.41) is 7.65. The molecular formula is C18H27IN6O2. The highest BCUT2D eigenvalue weighted by Gasteiger charge is 2.25. The lowest BCUT2D eigenvalue weighted by Crippen LogP contribution is -2.47. The van der Waals surface area contributed by atoms with Crippen LogP contribution in [-0.2, 0) is 18.3 Å².